The van der Waals surface area contributed by atoms with E-state index in [4.69, 9.17) is 4.74 Å². The average Bonchev–Trinajstić information content (AvgIpc) is 2.86. The highest BCUT2D eigenvalue weighted by Crippen LogP contribution is 2.32. The van der Waals surface area contributed by atoms with Crippen LogP contribution in [0.4, 0.5) is 0 Å². The summed E-state index contributed by atoms with van der Waals surface area (Å²) in [4.78, 5) is 0. The molecule has 0 saturated carbocycles. The fraction of sp³-hybridized carbons (Fsp3) is 0.222. The summed E-state index contributed by atoms with van der Waals surface area (Å²) in [5.74, 6) is 0. The molecular weight excluding hydrogens is 152 g/mol. The molecule has 2 aromatic rings. The van der Waals surface area contributed by atoms with E-state index in [1.165, 1.54) is 5.56 Å². The molecule has 0 aromatic carbocycles. The number of epoxide rings is 1. The van der Waals surface area contributed by atoms with Gasteiger partial charge in [-0.15, -0.1) is 0 Å². The van der Waals surface area contributed by atoms with Gasteiger partial charge in [-0.3, -0.25) is 0 Å². The minimum absolute atomic E-state index is 0.296. The highest BCUT2D eigenvalue weighted by Gasteiger charge is 2.27. The third-order valence-electron chi connectivity index (χ3n) is 2.14. The summed E-state index contributed by atoms with van der Waals surface area (Å²) in [5, 5.41) is 4.22. The van der Waals surface area contributed by atoms with Gasteiger partial charge in [-0.1, -0.05) is 6.07 Å². The van der Waals surface area contributed by atoms with Gasteiger partial charge in [-0.25, -0.2) is 4.52 Å². The van der Waals surface area contributed by atoms with Crippen molar-refractivity contribution in [1.29, 1.82) is 0 Å². The lowest BCUT2D eigenvalue weighted by Gasteiger charge is -1.92. The molecule has 0 unspecified atom stereocenters. The first kappa shape index (κ1) is 6.20. The first-order valence-electron chi connectivity index (χ1n) is 3.99. The minimum atomic E-state index is 0.296. The van der Waals surface area contributed by atoms with Crippen LogP contribution in [0, 0.1) is 0 Å². The topological polar surface area (TPSA) is 29.8 Å². The second-order valence-electron chi connectivity index (χ2n) is 2.95. The second kappa shape index (κ2) is 2.08. The van der Waals surface area contributed by atoms with Gasteiger partial charge in [0.2, 0.25) is 0 Å². The maximum atomic E-state index is 5.21. The Hall–Kier alpha value is -1.35. The minimum Gasteiger partial charge on any atom is -0.368 e. The lowest BCUT2D eigenvalue weighted by molar-refractivity contribution is 0.417. The predicted octanol–water partition coefficient (Wildman–Crippen LogP) is 1.41. The lowest BCUT2D eigenvalue weighted by Crippen LogP contribution is -1.84. The Kier molecular flexibility index (Phi) is 1.07. The first-order chi connectivity index (χ1) is 5.95. The van der Waals surface area contributed by atoms with Crippen molar-refractivity contribution in [3.05, 3.63) is 36.2 Å². The van der Waals surface area contributed by atoms with Crippen molar-refractivity contribution in [2.45, 2.75) is 6.10 Å². The molecule has 3 heterocycles. The molecule has 3 heteroatoms. The van der Waals surface area contributed by atoms with Crippen LogP contribution in [0.3, 0.4) is 0 Å². The zero-order valence-electron chi connectivity index (χ0n) is 6.47. The van der Waals surface area contributed by atoms with Crippen molar-refractivity contribution >= 4 is 5.52 Å². The fourth-order valence-corrected chi connectivity index (χ4v) is 1.43. The van der Waals surface area contributed by atoms with Crippen LogP contribution in [-0.2, 0) is 4.74 Å². The normalized spacial score (nSPS) is 21.5. The van der Waals surface area contributed by atoms with E-state index in [-0.39, 0.29) is 0 Å². The highest BCUT2D eigenvalue weighted by molar-refractivity contribution is 5.55. The van der Waals surface area contributed by atoms with E-state index in [0.717, 1.165) is 12.1 Å². The van der Waals surface area contributed by atoms with Crippen molar-refractivity contribution in [2.75, 3.05) is 6.61 Å². The standard InChI is InChI=1S/C9H8N2O/c1-2-4-11-8(3-1)7(5-10-11)9-6-12-9/h1-5,9H,6H2/t9-/m1/s1. The van der Waals surface area contributed by atoms with Crippen LogP contribution in [0.1, 0.15) is 11.7 Å². The first-order valence-corrected chi connectivity index (χ1v) is 3.99. The summed E-state index contributed by atoms with van der Waals surface area (Å²) in [5.41, 5.74) is 2.36. The van der Waals surface area contributed by atoms with Gasteiger partial charge in [0.15, 0.2) is 0 Å². The van der Waals surface area contributed by atoms with E-state index in [2.05, 4.69) is 11.2 Å². The molecule has 0 bridgehead atoms. The second-order valence-corrected chi connectivity index (χ2v) is 2.95. The van der Waals surface area contributed by atoms with Gasteiger partial charge in [-0.05, 0) is 12.1 Å². The Morgan fingerprint density at radius 2 is 2.42 bits per heavy atom. The van der Waals surface area contributed by atoms with E-state index in [1.54, 1.807) is 0 Å². The van der Waals surface area contributed by atoms with Crippen LogP contribution in [0.5, 0.6) is 0 Å². The molecule has 12 heavy (non-hydrogen) atoms. The van der Waals surface area contributed by atoms with Crippen molar-refractivity contribution in [1.82, 2.24) is 9.61 Å². The lowest BCUT2D eigenvalue weighted by atomic mass is 10.2. The Morgan fingerprint density at radius 3 is 3.25 bits per heavy atom. The van der Waals surface area contributed by atoms with E-state index in [9.17, 15) is 0 Å². The molecule has 1 aliphatic heterocycles. The molecule has 2 aromatic heterocycles. The molecule has 3 nitrogen and oxygen atoms in total. The molecule has 0 N–H and O–H groups in total. The van der Waals surface area contributed by atoms with Crippen LogP contribution in [0.25, 0.3) is 5.52 Å². The number of fused-ring (bicyclic) bond motifs is 1. The Morgan fingerprint density at radius 1 is 1.50 bits per heavy atom. The number of pyridine rings is 1. The van der Waals surface area contributed by atoms with Gasteiger partial charge in [0.05, 0.1) is 18.3 Å². The van der Waals surface area contributed by atoms with Crippen LogP contribution >= 0.6 is 0 Å². The Balaban J connectivity index is 2.30. The van der Waals surface area contributed by atoms with Gasteiger partial charge in [0, 0.05) is 11.8 Å². The third-order valence-corrected chi connectivity index (χ3v) is 2.14. The SMILES string of the molecule is c1ccn2ncc([C@H]3CO3)c2c1. The highest BCUT2D eigenvalue weighted by atomic mass is 16.6. The summed E-state index contributed by atoms with van der Waals surface area (Å²) in [6.45, 7) is 0.843. The molecule has 1 aliphatic rings. The van der Waals surface area contributed by atoms with Gasteiger partial charge in [0.25, 0.3) is 0 Å². The largest absolute Gasteiger partial charge is 0.368 e. The Bertz CT molecular complexity index is 417. The van der Waals surface area contributed by atoms with Crippen LogP contribution in [-0.4, -0.2) is 16.2 Å². The average molecular weight is 160 g/mol. The van der Waals surface area contributed by atoms with E-state index >= 15 is 0 Å². The van der Waals surface area contributed by atoms with E-state index in [1.807, 2.05) is 29.0 Å². The number of ether oxygens (including phenoxy) is 1. The third kappa shape index (κ3) is 0.769. The summed E-state index contributed by atoms with van der Waals surface area (Å²) in [6.07, 6.45) is 4.12. The van der Waals surface area contributed by atoms with Crippen LogP contribution in [0.2, 0.25) is 0 Å². The molecule has 1 saturated heterocycles. The van der Waals surface area contributed by atoms with Crippen molar-refractivity contribution in [3.63, 3.8) is 0 Å². The van der Waals surface area contributed by atoms with Crippen molar-refractivity contribution in [3.8, 4) is 0 Å². The number of hydrogen-bond acceptors (Lipinski definition) is 2. The zero-order valence-corrected chi connectivity index (χ0v) is 6.47. The monoisotopic (exact) mass is 160 g/mol. The molecule has 0 radical (unpaired) electrons. The summed E-state index contributed by atoms with van der Waals surface area (Å²) in [7, 11) is 0. The van der Waals surface area contributed by atoms with E-state index < -0.39 is 0 Å². The molecular formula is C9H8N2O. The van der Waals surface area contributed by atoms with Crippen LogP contribution in [0.15, 0.2) is 30.6 Å². The number of hydrogen-bond donors (Lipinski definition) is 0. The summed E-state index contributed by atoms with van der Waals surface area (Å²) >= 11 is 0. The molecule has 0 amide bonds. The summed E-state index contributed by atoms with van der Waals surface area (Å²) in [6, 6.07) is 6.05. The van der Waals surface area contributed by atoms with E-state index in [0.29, 0.717) is 6.10 Å². The number of aromatic nitrogens is 2. The Labute approximate surface area is 69.6 Å². The fourth-order valence-electron chi connectivity index (χ4n) is 1.43. The summed E-state index contributed by atoms with van der Waals surface area (Å²) < 4.78 is 7.08. The van der Waals surface area contributed by atoms with Gasteiger partial charge < -0.3 is 4.74 Å². The van der Waals surface area contributed by atoms with Gasteiger partial charge in [-0.2, -0.15) is 5.10 Å². The molecule has 3 rings (SSSR count). The van der Waals surface area contributed by atoms with Gasteiger partial charge >= 0.3 is 0 Å². The predicted molar refractivity (Wildman–Crippen MR) is 43.9 cm³/mol. The number of nitrogens with zero attached hydrogens (tertiary/aromatic N) is 2. The van der Waals surface area contributed by atoms with Crippen molar-refractivity contribution in [2.24, 2.45) is 0 Å². The van der Waals surface area contributed by atoms with Crippen LogP contribution < -0.4 is 0 Å². The molecule has 0 aliphatic carbocycles. The maximum absolute atomic E-state index is 5.21. The quantitative estimate of drug-likeness (QED) is 0.590. The molecule has 1 atom stereocenters. The smallest absolute Gasteiger partial charge is 0.110 e. The zero-order chi connectivity index (χ0) is 7.97. The molecule has 0 spiro atoms. The van der Waals surface area contributed by atoms with Crippen molar-refractivity contribution < 1.29 is 4.74 Å². The molecule has 60 valence electrons. The number of rotatable bonds is 1. The maximum Gasteiger partial charge on any atom is 0.110 e. The molecule has 1 fully saturated rings. The van der Waals surface area contributed by atoms with Gasteiger partial charge in [0.1, 0.15) is 6.10 Å².